The summed E-state index contributed by atoms with van der Waals surface area (Å²) in [6.07, 6.45) is 3.17. The van der Waals surface area contributed by atoms with E-state index in [9.17, 15) is 4.79 Å². The number of piperidine rings is 1. The molecule has 3 atom stereocenters. The first-order valence-electron chi connectivity index (χ1n) is 7.75. The summed E-state index contributed by atoms with van der Waals surface area (Å²) >= 11 is 0. The van der Waals surface area contributed by atoms with Gasteiger partial charge in [-0.3, -0.25) is 9.69 Å². The summed E-state index contributed by atoms with van der Waals surface area (Å²) < 4.78 is 5.42. The summed E-state index contributed by atoms with van der Waals surface area (Å²) in [4.78, 5) is 14.4. The second-order valence-electron chi connectivity index (χ2n) is 6.16. The van der Waals surface area contributed by atoms with Crippen molar-refractivity contribution >= 4 is 5.91 Å². The average Bonchev–Trinajstić information content (AvgIpc) is 2.45. The lowest BCUT2D eigenvalue weighted by Gasteiger charge is -2.41. The van der Waals surface area contributed by atoms with Crippen molar-refractivity contribution in [2.75, 3.05) is 26.7 Å². The fraction of sp³-hybridized carbons (Fsp3) is 0.933. The molecule has 0 saturated carbocycles. The van der Waals surface area contributed by atoms with Gasteiger partial charge in [-0.15, -0.1) is 0 Å². The van der Waals surface area contributed by atoms with Gasteiger partial charge in [0.2, 0.25) is 5.91 Å². The van der Waals surface area contributed by atoms with Crippen molar-refractivity contribution in [3.05, 3.63) is 0 Å². The zero-order valence-electron chi connectivity index (χ0n) is 13.4. The molecule has 0 aromatic heterocycles. The standard InChI is InChI=1S/C15H31N3O2/c1-11(2)5-7-17-15(19)12(3)18-8-6-14(20-4)9-13(18)10-16/h11-14H,5-10,16H2,1-4H3,(H,17,19). The summed E-state index contributed by atoms with van der Waals surface area (Å²) in [5.74, 6) is 0.722. The Labute approximate surface area is 123 Å². The predicted molar refractivity (Wildman–Crippen MR) is 81.5 cm³/mol. The Morgan fingerprint density at radius 3 is 2.70 bits per heavy atom. The maximum Gasteiger partial charge on any atom is 0.237 e. The monoisotopic (exact) mass is 285 g/mol. The van der Waals surface area contributed by atoms with Crippen LogP contribution in [0.15, 0.2) is 0 Å². The second kappa shape index (κ2) is 8.60. The van der Waals surface area contributed by atoms with Crippen LogP contribution in [-0.2, 0) is 9.53 Å². The van der Waals surface area contributed by atoms with Crippen molar-refractivity contribution in [3.63, 3.8) is 0 Å². The van der Waals surface area contributed by atoms with Crippen LogP contribution in [0.1, 0.15) is 40.0 Å². The third-order valence-electron chi connectivity index (χ3n) is 4.22. The fourth-order valence-corrected chi connectivity index (χ4v) is 2.77. The van der Waals surface area contributed by atoms with Crippen LogP contribution in [0.3, 0.4) is 0 Å². The number of methoxy groups -OCH3 is 1. The van der Waals surface area contributed by atoms with Gasteiger partial charge in [0.1, 0.15) is 0 Å². The quantitative estimate of drug-likeness (QED) is 0.731. The first kappa shape index (κ1) is 17.4. The highest BCUT2D eigenvalue weighted by atomic mass is 16.5. The number of nitrogens with zero attached hydrogens (tertiary/aromatic N) is 1. The van der Waals surface area contributed by atoms with E-state index in [2.05, 4.69) is 24.1 Å². The van der Waals surface area contributed by atoms with E-state index in [1.165, 1.54) is 0 Å². The molecule has 1 aliphatic heterocycles. The molecule has 0 spiro atoms. The van der Waals surface area contributed by atoms with Crippen molar-refractivity contribution in [3.8, 4) is 0 Å². The number of likely N-dealkylation sites (tertiary alicyclic amines) is 1. The molecular formula is C15H31N3O2. The Morgan fingerprint density at radius 2 is 2.15 bits per heavy atom. The number of nitrogens with one attached hydrogen (secondary N) is 1. The van der Waals surface area contributed by atoms with Crippen LogP contribution in [0.2, 0.25) is 0 Å². The zero-order chi connectivity index (χ0) is 15.1. The van der Waals surface area contributed by atoms with E-state index < -0.39 is 0 Å². The molecular weight excluding hydrogens is 254 g/mol. The molecule has 3 N–H and O–H groups in total. The molecule has 1 heterocycles. The second-order valence-corrected chi connectivity index (χ2v) is 6.16. The number of amides is 1. The predicted octanol–water partition coefficient (Wildman–Crippen LogP) is 0.975. The minimum atomic E-state index is -0.117. The maximum atomic E-state index is 12.2. The lowest BCUT2D eigenvalue weighted by molar-refractivity contribution is -0.128. The van der Waals surface area contributed by atoms with Crippen LogP contribution < -0.4 is 11.1 Å². The highest BCUT2D eigenvalue weighted by Gasteiger charge is 2.33. The van der Waals surface area contributed by atoms with Crippen LogP contribution >= 0.6 is 0 Å². The van der Waals surface area contributed by atoms with E-state index in [0.717, 1.165) is 32.4 Å². The summed E-state index contributed by atoms with van der Waals surface area (Å²) in [5, 5.41) is 3.03. The van der Waals surface area contributed by atoms with E-state index in [-0.39, 0.29) is 24.1 Å². The van der Waals surface area contributed by atoms with Crippen molar-refractivity contribution < 1.29 is 9.53 Å². The molecule has 0 bridgehead atoms. The Bertz CT molecular complexity index is 297. The Kier molecular flexibility index (Phi) is 7.48. The minimum Gasteiger partial charge on any atom is -0.381 e. The molecule has 5 heteroatoms. The molecule has 1 rings (SSSR count). The van der Waals surface area contributed by atoms with Crippen LogP contribution in [0.4, 0.5) is 0 Å². The van der Waals surface area contributed by atoms with Crippen LogP contribution in [0.25, 0.3) is 0 Å². The van der Waals surface area contributed by atoms with Gasteiger partial charge in [0.15, 0.2) is 0 Å². The molecule has 5 nitrogen and oxygen atoms in total. The molecule has 1 aliphatic rings. The number of carbonyl (C=O) groups is 1. The lowest BCUT2D eigenvalue weighted by atomic mass is 9.97. The largest absolute Gasteiger partial charge is 0.381 e. The van der Waals surface area contributed by atoms with Crippen molar-refractivity contribution in [2.45, 2.75) is 58.2 Å². The third-order valence-corrected chi connectivity index (χ3v) is 4.22. The number of ether oxygens (including phenoxy) is 1. The highest BCUT2D eigenvalue weighted by molar-refractivity contribution is 5.81. The number of hydrogen-bond donors (Lipinski definition) is 2. The summed E-state index contributed by atoms with van der Waals surface area (Å²) in [5.41, 5.74) is 5.86. The Balaban J connectivity index is 2.48. The Morgan fingerprint density at radius 1 is 1.45 bits per heavy atom. The number of rotatable bonds is 7. The minimum absolute atomic E-state index is 0.111. The molecule has 0 aromatic rings. The van der Waals surface area contributed by atoms with Gasteiger partial charge in [-0.05, 0) is 32.1 Å². The molecule has 1 saturated heterocycles. The first-order chi connectivity index (χ1) is 9.49. The lowest BCUT2D eigenvalue weighted by Crippen LogP contribution is -2.56. The summed E-state index contributed by atoms with van der Waals surface area (Å²) in [6.45, 7) is 8.50. The van der Waals surface area contributed by atoms with E-state index >= 15 is 0 Å². The topological polar surface area (TPSA) is 67.6 Å². The van der Waals surface area contributed by atoms with Crippen molar-refractivity contribution in [1.82, 2.24) is 10.2 Å². The zero-order valence-corrected chi connectivity index (χ0v) is 13.4. The van der Waals surface area contributed by atoms with Crippen molar-refractivity contribution in [2.24, 2.45) is 11.7 Å². The molecule has 1 amide bonds. The van der Waals surface area contributed by atoms with Gasteiger partial charge in [0, 0.05) is 32.8 Å². The van der Waals surface area contributed by atoms with Gasteiger partial charge in [-0.25, -0.2) is 0 Å². The van der Waals surface area contributed by atoms with E-state index in [1.54, 1.807) is 7.11 Å². The van der Waals surface area contributed by atoms with Gasteiger partial charge < -0.3 is 15.8 Å². The highest BCUT2D eigenvalue weighted by Crippen LogP contribution is 2.21. The van der Waals surface area contributed by atoms with Crippen LogP contribution in [0, 0.1) is 5.92 Å². The van der Waals surface area contributed by atoms with E-state index in [0.29, 0.717) is 12.5 Å². The smallest absolute Gasteiger partial charge is 0.237 e. The molecule has 0 aliphatic carbocycles. The van der Waals surface area contributed by atoms with Crippen LogP contribution in [0.5, 0.6) is 0 Å². The number of carbonyl (C=O) groups excluding carboxylic acids is 1. The summed E-state index contributed by atoms with van der Waals surface area (Å²) in [6, 6.07) is 0.119. The number of nitrogens with two attached hydrogens (primary N) is 1. The Hall–Kier alpha value is -0.650. The SMILES string of the molecule is COC1CCN(C(C)C(=O)NCCC(C)C)C(CN)C1. The van der Waals surface area contributed by atoms with Gasteiger partial charge in [0.05, 0.1) is 12.1 Å². The normalized spacial score (nSPS) is 25.7. The molecule has 118 valence electrons. The first-order valence-corrected chi connectivity index (χ1v) is 7.75. The molecule has 1 fully saturated rings. The van der Waals surface area contributed by atoms with Gasteiger partial charge in [0.25, 0.3) is 0 Å². The van der Waals surface area contributed by atoms with Crippen LogP contribution in [-0.4, -0.2) is 55.7 Å². The third kappa shape index (κ3) is 5.04. The molecule has 0 aromatic carbocycles. The average molecular weight is 285 g/mol. The molecule has 20 heavy (non-hydrogen) atoms. The van der Waals surface area contributed by atoms with E-state index in [4.69, 9.17) is 10.5 Å². The number of hydrogen-bond acceptors (Lipinski definition) is 4. The van der Waals surface area contributed by atoms with Crippen molar-refractivity contribution in [1.29, 1.82) is 0 Å². The summed E-state index contributed by atoms with van der Waals surface area (Å²) in [7, 11) is 1.75. The van der Waals surface area contributed by atoms with Gasteiger partial charge in [-0.1, -0.05) is 13.8 Å². The van der Waals surface area contributed by atoms with Gasteiger partial charge in [-0.2, -0.15) is 0 Å². The van der Waals surface area contributed by atoms with Gasteiger partial charge >= 0.3 is 0 Å². The molecule has 3 unspecified atom stereocenters. The molecule has 0 radical (unpaired) electrons. The maximum absolute atomic E-state index is 12.2. The van der Waals surface area contributed by atoms with E-state index in [1.807, 2.05) is 6.92 Å². The fourth-order valence-electron chi connectivity index (χ4n) is 2.77.